The van der Waals surface area contributed by atoms with Gasteiger partial charge in [0.15, 0.2) is 10.7 Å². The molecule has 0 atom stereocenters. The predicted octanol–water partition coefficient (Wildman–Crippen LogP) is 5.06. The first-order chi connectivity index (χ1) is 12.5. The van der Waals surface area contributed by atoms with Crippen molar-refractivity contribution in [2.75, 3.05) is 0 Å². The van der Waals surface area contributed by atoms with Gasteiger partial charge in [-0.1, -0.05) is 20.3 Å². The maximum atomic E-state index is 12.0. The molecule has 0 spiro atoms. The maximum Gasteiger partial charge on any atom is 0.354 e. The highest BCUT2D eigenvalue weighted by Gasteiger charge is 2.24. The molecular weight excluding hydrogens is 348 g/mol. The number of fused-ring (bicyclic) bond motifs is 1. The van der Waals surface area contributed by atoms with Crippen LogP contribution in [0.3, 0.4) is 0 Å². The van der Waals surface area contributed by atoms with E-state index in [0.717, 1.165) is 39.7 Å². The van der Waals surface area contributed by atoms with Crippen LogP contribution in [-0.4, -0.2) is 26.6 Å². The molecule has 6 heteroatoms. The van der Waals surface area contributed by atoms with Gasteiger partial charge in [0, 0.05) is 4.88 Å². The van der Waals surface area contributed by atoms with Crippen LogP contribution in [0, 0.1) is 0 Å². The van der Waals surface area contributed by atoms with Crippen LogP contribution in [0.4, 0.5) is 0 Å². The van der Waals surface area contributed by atoms with Crippen molar-refractivity contribution in [1.29, 1.82) is 0 Å². The molecule has 0 fully saturated rings. The first-order valence-corrected chi connectivity index (χ1v) is 9.81. The molecule has 0 unspecified atom stereocenters. The number of carboxylic acids is 1. The summed E-state index contributed by atoms with van der Waals surface area (Å²) in [5, 5.41) is 9.80. The van der Waals surface area contributed by atoms with Gasteiger partial charge < -0.3 is 9.84 Å². The van der Waals surface area contributed by atoms with Crippen LogP contribution in [0.1, 0.15) is 55.2 Å². The summed E-state index contributed by atoms with van der Waals surface area (Å²) in [6, 6.07) is 7.85. The lowest BCUT2D eigenvalue weighted by atomic mass is 10.1. The molecule has 5 nitrogen and oxygen atoms in total. The Morgan fingerprint density at radius 2 is 1.96 bits per heavy atom. The van der Waals surface area contributed by atoms with E-state index in [0.29, 0.717) is 12.1 Å². The molecule has 138 valence electrons. The molecule has 2 aromatic heterocycles. The Bertz CT molecular complexity index is 923. The minimum Gasteiger partial charge on any atom is -0.491 e. The summed E-state index contributed by atoms with van der Waals surface area (Å²) in [5.41, 5.74) is 2.85. The molecule has 2 heterocycles. The number of aryl methyl sites for hydroxylation is 2. The molecule has 0 aliphatic carbocycles. The Balaban J connectivity index is 2.18. The van der Waals surface area contributed by atoms with Crippen molar-refractivity contribution in [2.24, 2.45) is 0 Å². The molecule has 0 amide bonds. The number of nitrogens with zero attached hydrogens (tertiary/aromatic N) is 2. The van der Waals surface area contributed by atoms with Crippen molar-refractivity contribution < 1.29 is 14.6 Å². The predicted molar refractivity (Wildman–Crippen MR) is 105 cm³/mol. The molecule has 1 N–H and O–H groups in total. The zero-order valence-electron chi connectivity index (χ0n) is 15.6. The number of benzene rings is 1. The number of imidazole rings is 1. The molecule has 0 saturated carbocycles. The van der Waals surface area contributed by atoms with Gasteiger partial charge in [0.05, 0.1) is 17.5 Å². The number of aromatic carboxylic acids is 1. The molecule has 0 saturated heterocycles. The Hall–Kier alpha value is -2.34. The van der Waals surface area contributed by atoms with Crippen molar-refractivity contribution in [1.82, 2.24) is 9.38 Å². The second-order valence-electron chi connectivity index (χ2n) is 6.50. The van der Waals surface area contributed by atoms with E-state index in [1.807, 2.05) is 49.4 Å². The molecule has 3 aromatic rings. The van der Waals surface area contributed by atoms with Crippen LogP contribution < -0.4 is 4.74 Å². The van der Waals surface area contributed by atoms with Crippen LogP contribution >= 0.6 is 11.3 Å². The SMILES string of the molecule is CCCc1nc2sc(CC)c(-c3ccc(OC(C)C)cc3)n2c1C(=O)O. The van der Waals surface area contributed by atoms with Crippen LogP contribution in [-0.2, 0) is 12.8 Å². The Morgan fingerprint density at radius 3 is 2.50 bits per heavy atom. The average Bonchev–Trinajstić information content (AvgIpc) is 3.10. The number of carbonyl (C=O) groups is 1. The van der Waals surface area contributed by atoms with E-state index in [4.69, 9.17) is 4.74 Å². The van der Waals surface area contributed by atoms with Gasteiger partial charge in [0.2, 0.25) is 0 Å². The van der Waals surface area contributed by atoms with E-state index < -0.39 is 5.97 Å². The average molecular weight is 372 g/mol. The summed E-state index contributed by atoms with van der Waals surface area (Å²) >= 11 is 1.57. The van der Waals surface area contributed by atoms with Gasteiger partial charge in [0.25, 0.3) is 0 Å². The summed E-state index contributed by atoms with van der Waals surface area (Å²) in [4.78, 5) is 18.4. The number of hydrogen-bond acceptors (Lipinski definition) is 4. The lowest BCUT2D eigenvalue weighted by Crippen LogP contribution is -2.07. The van der Waals surface area contributed by atoms with E-state index in [-0.39, 0.29) is 11.8 Å². The normalized spacial score (nSPS) is 11.4. The van der Waals surface area contributed by atoms with Gasteiger partial charge in [0.1, 0.15) is 5.75 Å². The molecule has 0 aliphatic rings. The Labute approximate surface area is 157 Å². The lowest BCUT2D eigenvalue weighted by Gasteiger charge is -2.11. The van der Waals surface area contributed by atoms with Gasteiger partial charge in [-0.25, -0.2) is 9.78 Å². The molecular formula is C20H24N2O3S. The third kappa shape index (κ3) is 3.33. The molecule has 26 heavy (non-hydrogen) atoms. The maximum absolute atomic E-state index is 12.0. The molecule has 3 rings (SSSR count). The fourth-order valence-corrected chi connectivity index (χ4v) is 4.23. The van der Waals surface area contributed by atoms with E-state index in [1.54, 1.807) is 11.3 Å². The molecule has 0 aliphatic heterocycles. The Kier molecular flexibility index (Phi) is 5.32. The summed E-state index contributed by atoms with van der Waals surface area (Å²) in [5.74, 6) is -0.119. The van der Waals surface area contributed by atoms with Crippen LogP contribution in [0.2, 0.25) is 0 Å². The third-order valence-electron chi connectivity index (χ3n) is 4.13. The third-order valence-corrected chi connectivity index (χ3v) is 5.32. The number of thiazole rings is 1. The van der Waals surface area contributed by atoms with Gasteiger partial charge in [-0.15, -0.1) is 11.3 Å². The van der Waals surface area contributed by atoms with E-state index in [9.17, 15) is 9.90 Å². The first-order valence-electron chi connectivity index (χ1n) is 8.99. The van der Waals surface area contributed by atoms with Crippen molar-refractivity contribution in [3.63, 3.8) is 0 Å². The van der Waals surface area contributed by atoms with Crippen molar-refractivity contribution in [3.05, 3.63) is 40.5 Å². The van der Waals surface area contributed by atoms with Crippen LogP contribution in [0.25, 0.3) is 16.2 Å². The smallest absolute Gasteiger partial charge is 0.354 e. The second-order valence-corrected chi connectivity index (χ2v) is 7.56. The zero-order chi connectivity index (χ0) is 18.8. The van der Waals surface area contributed by atoms with Gasteiger partial charge in [-0.2, -0.15) is 0 Å². The number of hydrogen-bond donors (Lipinski definition) is 1. The standard InChI is InChI=1S/C20H24N2O3S/c1-5-7-15-18(19(23)24)22-17(16(6-2)26-20(22)21-15)13-8-10-14(11-9-13)25-12(3)4/h8-12H,5-7H2,1-4H3,(H,23,24). The van der Waals surface area contributed by atoms with E-state index in [1.165, 1.54) is 0 Å². The number of aromatic nitrogens is 2. The van der Waals surface area contributed by atoms with E-state index in [2.05, 4.69) is 11.9 Å². The minimum absolute atomic E-state index is 0.115. The summed E-state index contributed by atoms with van der Waals surface area (Å²) in [6.07, 6.45) is 2.47. The fourth-order valence-electron chi connectivity index (χ4n) is 3.13. The highest BCUT2D eigenvalue weighted by atomic mass is 32.1. The number of rotatable bonds is 7. The first kappa shape index (κ1) is 18.5. The molecule has 0 bridgehead atoms. The van der Waals surface area contributed by atoms with Crippen molar-refractivity contribution in [3.8, 4) is 17.0 Å². The molecule has 1 aromatic carbocycles. The lowest BCUT2D eigenvalue weighted by molar-refractivity contribution is 0.0688. The van der Waals surface area contributed by atoms with Crippen molar-refractivity contribution >= 4 is 22.3 Å². The topological polar surface area (TPSA) is 63.8 Å². The summed E-state index contributed by atoms with van der Waals surface area (Å²) in [7, 11) is 0. The monoisotopic (exact) mass is 372 g/mol. The minimum atomic E-state index is -0.928. The van der Waals surface area contributed by atoms with Crippen molar-refractivity contribution in [2.45, 2.75) is 53.1 Å². The fraction of sp³-hybridized carbons (Fsp3) is 0.400. The van der Waals surface area contributed by atoms with Gasteiger partial charge >= 0.3 is 5.97 Å². The summed E-state index contributed by atoms with van der Waals surface area (Å²) in [6.45, 7) is 8.10. The second kappa shape index (κ2) is 7.50. The van der Waals surface area contributed by atoms with Crippen LogP contribution in [0.15, 0.2) is 24.3 Å². The molecule has 0 radical (unpaired) electrons. The quantitative estimate of drug-likeness (QED) is 0.629. The Morgan fingerprint density at radius 1 is 1.27 bits per heavy atom. The zero-order valence-corrected chi connectivity index (χ0v) is 16.4. The highest BCUT2D eigenvalue weighted by Crippen LogP contribution is 2.35. The van der Waals surface area contributed by atoms with Gasteiger partial charge in [-0.05, 0) is 56.5 Å². The number of ether oxygens (including phenoxy) is 1. The highest BCUT2D eigenvalue weighted by molar-refractivity contribution is 7.17. The van der Waals surface area contributed by atoms with Gasteiger partial charge in [-0.3, -0.25) is 4.40 Å². The van der Waals surface area contributed by atoms with E-state index >= 15 is 0 Å². The largest absolute Gasteiger partial charge is 0.491 e. The summed E-state index contributed by atoms with van der Waals surface area (Å²) < 4.78 is 7.53. The number of carboxylic acid groups (broad SMARTS) is 1. The van der Waals surface area contributed by atoms with Crippen LogP contribution in [0.5, 0.6) is 5.75 Å².